The van der Waals surface area contributed by atoms with E-state index < -0.39 is 0 Å². The number of nitrogens with one attached hydrogen (secondary N) is 1. The molecule has 21 heavy (non-hydrogen) atoms. The van der Waals surface area contributed by atoms with Gasteiger partial charge in [-0.2, -0.15) is 0 Å². The van der Waals surface area contributed by atoms with Crippen LogP contribution in [0.3, 0.4) is 0 Å². The molecular formula is C17H18N2OS. The molecule has 1 aromatic heterocycles. The summed E-state index contributed by atoms with van der Waals surface area (Å²) in [4.78, 5) is 12.8. The van der Waals surface area contributed by atoms with Crippen molar-refractivity contribution >= 4 is 17.2 Å². The summed E-state index contributed by atoms with van der Waals surface area (Å²) in [6.07, 6.45) is 1.90. The molecule has 0 saturated heterocycles. The molecule has 0 fully saturated rings. The summed E-state index contributed by atoms with van der Waals surface area (Å²) in [5.74, 6) is 5.67. The number of benzene rings is 1. The second kappa shape index (κ2) is 8.25. The largest absolute Gasteiger partial charge is 0.352 e. The molecular weight excluding hydrogens is 280 g/mol. The predicted octanol–water partition coefficient (Wildman–Crippen LogP) is 2.42. The topological polar surface area (TPSA) is 55.1 Å². The van der Waals surface area contributed by atoms with Gasteiger partial charge in [0.2, 0.25) is 0 Å². The maximum Gasteiger partial charge on any atom is 0.252 e. The molecule has 0 aliphatic heterocycles. The molecule has 0 atom stereocenters. The van der Waals surface area contributed by atoms with Gasteiger partial charge in [0, 0.05) is 11.9 Å². The summed E-state index contributed by atoms with van der Waals surface area (Å²) >= 11 is 1.46. The Kier molecular flexibility index (Phi) is 6.01. The van der Waals surface area contributed by atoms with Gasteiger partial charge in [-0.3, -0.25) is 4.79 Å². The van der Waals surface area contributed by atoms with Crippen molar-refractivity contribution in [1.29, 1.82) is 0 Å². The quantitative estimate of drug-likeness (QED) is 0.658. The van der Waals surface area contributed by atoms with E-state index >= 15 is 0 Å². The standard InChI is InChI=1S/C17H18N2OS/c18-10-4-9-16-12-15(13-21-16)17(20)19-11-5-8-14-6-2-1-3-7-14/h1-3,6-7,12-13H,5,8,10-11,18H2,(H,19,20). The van der Waals surface area contributed by atoms with E-state index in [0.717, 1.165) is 17.7 Å². The van der Waals surface area contributed by atoms with Crippen LogP contribution in [0.5, 0.6) is 0 Å². The number of aryl methyl sites for hydroxylation is 1. The average Bonchev–Trinajstić information content (AvgIpc) is 2.99. The summed E-state index contributed by atoms with van der Waals surface area (Å²) in [5, 5.41) is 4.76. The van der Waals surface area contributed by atoms with E-state index in [1.54, 1.807) is 6.07 Å². The molecule has 0 aliphatic rings. The molecule has 0 unspecified atom stereocenters. The number of carbonyl (C=O) groups excluding carboxylic acids is 1. The fraction of sp³-hybridized carbons (Fsp3) is 0.235. The van der Waals surface area contributed by atoms with Gasteiger partial charge in [0.15, 0.2) is 0 Å². The van der Waals surface area contributed by atoms with Crippen molar-refractivity contribution < 1.29 is 4.79 Å². The highest BCUT2D eigenvalue weighted by atomic mass is 32.1. The zero-order chi connectivity index (χ0) is 14.9. The van der Waals surface area contributed by atoms with E-state index in [1.165, 1.54) is 16.9 Å². The van der Waals surface area contributed by atoms with E-state index in [0.29, 0.717) is 18.7 Å². The summed E-state index contributed by atoms with van der Waals surface area (Å²) < 4.78 is 0. The zero-order valence-electron chi connectivity index (χ0n) is 11.8. The lowest BCUT2D eigenvalue weighted by Gasteiger charge is -2.04. The Bertz CT molecular complexity index is 638. The van der Waals surface area contributed by atoms with Crippen LogP contribution in [0.25, 0.3) is 0 Å². The Hall–Kier alpha value is -2.09. The van der Waals surface area contributed by atoms with Crippen molar-refractivity contribution in [2.75, 3.05) is 13.1 Å². The fourth-order valence-electron chi connectivity index (χ4n) is 1.90. The molecule has 0 aliphatic carbocycles. The molecule has 0 spiro atoms. The van der Waals surface area contributed by atoms with Crippen molar-refractivity contribution in [3.05, 3.63) is 57.8 Å². The molecule has 4 heteroatoms. The number of hydrogen-bond donors (Lipinski definition) is 2. The van der Waals surface area contributed by atoms with E-state index in [-0.39, 0.29) is 5.91 Å². The van der Waals surface area contributed by atoms with Crippen molar-refractivity contribution in [3.8, 4) is 11.8 Å². The molecule has 3 N–H and O–H groups in total. The number of nitrogens with two attached hydrogens (primary N) is 1. The van der Waals surface area contributed by atoms with Gasteiger partial charge >= 0.3 is 0 Å². The molecule has 1 aromatic carbocycles. The van der Waals surface area contributed by atoms with E-state index in [1.807, 2.05) is 23.6 Å². The Morgan fingerprint density at radius 2 is 2.10 bits per heavy atom. The van der Waals surface area contributed by atoms with Crippen LogP contribution in [-0.4, -0.2) is 19.0 Å². The first-order chi connectivity index (χ1) is 10.3. The molecule has 1 amide bonds. The highest BCUT2D eigenvalue weighted by Crippen LogP contribution is 2.13. The first-order valence-corrected chi connectivity index (χ1v) is 7.77. The van der Waals surface area contributed by atoms with Gasteiger partial charge in [0.1, 0.15) is 0 Å². The van der Waals surface area contributed by atoms with Crippen LogP contribution in [0.15, 0.2) is 41.8 Å². The Labute approximate surface area is 129 Å². The summed E-state index contributed by atoms with van der Waals surface area (Å²) in [5.41, 5.74) is 7.28. The minimum absolute atomic E-state index is 0.0416. The van der Waals surface area contributed by atoms with Gasteiger partial charge in [0.05, 0.1) is 17.0 Å². The summed E-state index contributed by atoms with van der Waals surface area (Å²) in [7, 11) is 0. The van der Waals surface area contributed by atoms with Crippen molar-refractivity contribution in [3.63, 3.8) is 0 Å². The first-order valence-electron chi connectivity index (χ1n) is 6.89. The number of rotatable bonds is 5. The number of amides is 1. The van der Waals surface area contributed by atoms with Gasteiger partial charge in [0.25, 0.3) is 5.91 Å². The lowest BCUT2D eigenvalue weighted by Crippen LogP contribution is -2.24. The Balaban J connectivity index is 1.75. The minimum atomic E-state index is -0.0416. The van der Waals surface area contributed by atoms with E-state index in [4.69, 9.17) is 5.73 Å². The third-order valence-corrected chi connectivity index (χ3v) is 3.79. The van der Waals surface area contributed by atoms with Gasteiger partial charge in [-0.1, -0.05) is 42.2 Å². The van der Waals surface area contributed by atoms with Crippen molar-refractivity contribution in [2.45, 2.75) is 12.8 Å². The number of hydrogen-bond acceptors (Lipinski definition) is 3. The first kappa shape index (κ1) is 15.3. The van der Waals surface area contributed by atoms with Crippen molar-refractivity contribution in [2.24, 2.45) is 5.73 Å². The average molecular weight is 298 g/mol. The van der Waals surface area contributed by atoms with Gasteiger partial charge < -0.3 is 11.1 Å². The maximum atomic E-state index is 12.0. The molecule has 2 aromatic rings. The second-order valence-electron chi connectivity index (χ2n) is 4.55. The van der Waals surface area contributed by atoms with Gasteiger partial charge in [-0.05, 0) is 24.5 Å². The molecule has 3 nitrogen and oxygen atoms in total. The lowest BCUT2D eigenvalue weighted by atomic mass is 10.1. The molecule has 0 bridgehead atoms. The monoisotopic (exact) mass is 298 g/mol. The predicted molar refractivity (Wildman–Crippen MR) is 87.3 cm³/mol. The van der Waals surface area contributed by atoms with Gasteiger partial charge in [-0.25, -0.2) is 0 Å². The van der Waals surface area contributed by atoms with Crippen LogP contribution in [0, 0.1) is 11.8 Å². The van der Waals surface area contributed by atoms with E-state index in [2.05, 4.69) is 29.3 Å². The normalized spacial score (nSPS) is 9.76. The summed E-state index contributed by atoms with van der Waals surface area (Å²) in [6, 6.07) is 12.1. The number of carbonyl (C=O) groups is 1. The van der Waals surface area contributed by atoms with Crippen LogP contribution in [0.4, 0.5) is 0 Å². The van der Waals surface area contributed by atoms with Gasteiger partial charge in [-0.15, -0.1) is 11.3 Å². The Morgan fingerprint density at radius 1 is 1.29 bits per heavy atom. The smallest absolute Gasteiger partial charge is 0.252 e. The second-order valence-corrected chi connectivity index (χ2v) is 5.46. The zero-order valence-corrected chi connectivity index (χ0v) is 12.6. The lowest BCUT2D eigenvalue weighted by molar-refractivity contribution is 0.0953. The Morgan fingerprint density at radius 3 is 2.86 bits per heavy atom. The molecule has 0 radical (unpaired) electrons. The molecule has 0 saturated carbocycles. The minimum Gasteiger partial charge on any atom is -0.352 e. The van der Waals surface area contributed by atoms with E-state index in [9.17, 15) is 4.79 Å². The molecule has 1 heterocycles. The van der Waals surface area contributed by atoms with Crippen LogP contribution < -0.4 is 11.1 Å². The summed E-state index contributed by atoms with van der Waals surface area (Å²) in [6.45, 7) is 1.01. The SMILES string of the molecule is NCC#Cc1cc(C(=O)NCCCc2ccccc2)cs1. The third-order valence-electron chi connectivity index (χ3n) is 2.95. The molecule has 108 valence electrons. The third kappa shape index (κ3) is 5.07. The number of thiophene rings is 1. The van der Waals surface area contributed by atoms with Crippen LogP contribution >= 0.6 is 11.3 Å². The highest BCUT2D eigenvalue weighted by Gasteiger charge is 2.07. The van der Waals surface area contributed by atoms with Crippen LogP contribution in [0.1, 0.15) is 27.2 Å². The molecule has 2 rings (SSSR count). The maximum absolute atomic E-state index is 12.0. The van der Waals surface area contributed by atoms with Crippen LogP contribution in [-0.2, 0) is 6.42 Å². The van der Waals surface area contributed by atoms with Crippen LogP contribution in [0.2, 0.25) is 0 Å². The fourth-order valence-corrected chi connectivity index (χ4v) is 2.66. The highest BCUT2D eigenvalue weighted by molar-refractivity contribution is 7.10. The van der Waals surface area contributed by atoms with Crippen molar-refractivity contribution in [1.82, 2.24) is 5.32 Å².